The Hall–Kier alpha value is -1.95. The number of amides is 1. The third kappa shape index (κ3) is 5.26. The molecule has 1 aliphatic heterocycles. The number of anilines is 1. The smallest absolute Gasteiger partial charge is 0.226 e. The van der Waals surface area contributed by atoms with Gasteiger partial charge in [-0.3, -0.25) is 4.79 Å². The molecule has 0 radical (unpaired) electrons. The van der Waals surface area contributed by atoms with Crippen LogP contribution in [0.2, 0.25) is 0 Å². The molecular weight excluding hydrogens is 343 g/mol. The van der Waals surface area contributed by atoms with E-state index in [0.29, 0.717) is 31.7 Å². The minimum absolute atomic E-state index is 0. The number of hydrogen-bond donors (Lipinski definition) is 2. The van der Waals surface area contributed by atoms with Gasteiger partial charge in [-0.15, -0.1) is 12.4 Å². The molecule has 0 saturated heterocycles. The predicted molar refractivity (Wildman–Crippen MR) is 98.4 cm³/mol. The molecular formula is C19H22ClFN2O2. The van der Waals surface area contributed by atoms with Crippen LogP contribution < -0.4 is 10.6 Å². The summed E-state index contributed by atoms with van der Waals surface area (Å²) in [5.41, 5.74) is 2.98. The van der Waals surface area contributed by atoms with Gasteiger partial charge in [0.15, 0.2) is 0 Å². The van der Waals surface area contributed by atoms with E-state index < -0.39 is 0 Å². The summed E-state index contributed by atoms with van der Waals surface area (Å²) in [4.78, 5) is 12.0. The number of ether oxygens (including phenoxy) is 1. The van der Waals surface area contributed by atoms with Crippen molar-refractivity contribution in [3.8, 4) is 0 Å². The van der Waals surface area contributed by atoms with E-state index in [1.165, 1.54) is 0 Å². The van der Waals surface area contributed by atoms with Crippen LogP contribution >= 0.6 is 12.4 Å². The van der Waals surface area contributed by atoms with Crippen LogP contribution in [-0.4, -0.2) is 19.1 Å². The molecule has 2 aromatic rings. The summed E-state index contributed by atoms with van der Waals surface area (Å²) in [5, 5.41) is 5.85. The van der Waals surface area contributed by atoms with E-state index in [0.717, 1.165) is 17.7 Å². The Bertz CT molecular complexity index is 710. The maximum Gasteiger partial charge on any atom is 0.226 e. The van der Waals surface area contributed by atoms with Crippen molar-refractivity contribution in [1.82, 2.24) is 5.32 Å². The van der Waals surface area contributed by atoms with Gasteiger partial charge in [-0.1, -0.05) is 36.4 Å². The summed E-state index contributed by atoms with van der Waals surface area (Å²) in [6.07, 6.45) is 0.843. The SMILES string of the molecule is Cl.O=C(CCOCc1ccccc1)Nc1ccc2c(c1F)CCNC2. The minimum Gasteiger partial charge on any atom is -0.376 e. The van der Waals surface area contributed by atoms with Crippen LogP contribution in [0.1, 0.15) is 23.1 Å². The average molecular weight is 365 g/mol. The topological polar surface area (TPSA) is 50.4 Å². The Labute approximate surface area is 153 Å². The quantitative estimate of drug-likeness (QED) is 0.772. The Morgan fingerprint density at radius 2 is 2.00 bits per heavy atom. The lowest BCUT2D eigenvalue weighted by Crippen LogP contribution is -2.25. The molecule has 1 aliphatic rings. The van der Waals surface area contributed by atoms with Crippen molar-refractivity contribution in [1.29, 1.82) is 0 Å². The van der Waals surface area contributed by atoms with E-state index in [1.54, 1.807) is 6.07 Å². The Kier molecular flexibility index (Phi) is 7.37. The number of nitrogens with one attached hydrogen (secondary N) is 2. The van der Waals surface area contributed by atoms with Gasteiger partial charge in [0.1, 0.15) is 5.82 Å². The van der Waals surface area contributed by atoms with Crippen molar-refractivity contribution in [2.24, 2.45) is 0 Å². The van der Waals surface area contributed by atoms with Gasteiger partial charge in [0.2, 0.25) is 5.91 Å². The molecule has 0 saturated carbocycles. The number of rotatable bonds is 6. The van der Waals surface area contributed by atoms with Crippen molar-refractivity contribution < 1.29 is 13.9 Å². The Balaban J connectivity index is 0.00000225. The zero-order valence-corrected chi connectivity index (χ0v) is 14.7. The average Bonchev–Trinajstić information content (AvgIpc) is 2.62. The summed E-state index contributed by atoms with van der Waals surface area (Å²) in [6, 6.07) is 13.3. The fourth-order valence-corrected chi connectivity index (χ4v) is 2.77. The monoisotopic (exact) mass is 364 g/mol. The van der Waals surface area contributed by atoms with Crippen molar-refractivity contribution >= 4 is 24.0 Å². The molecule has 0 aromatic heterocycles. The highest BCUT2D eigenvalue weighted by molar-refractivity contribution is 5.91. The van der Waals surface area contributed by atoms with Crippen LogP contribution in [0.3, 0.4) is 0 Å². The second kappa shape index (κ2) is 9.51. The molecule has 1 amide bonds. The molecule has 1 heterocycles. The highest BCUT2D eigenvalue weighted by Crippen LogP contribution is 2.24. The van der Waals surface area contributed by atoms with E-state index in [4.69, 9.17) is 4.74 Å². The zero-order chi connectivity index (χ0) is 16.8. The molecule has 2 aromatic carbocycles. The fourth-order valence-electron chi connectivity index (χ4n) is 2.77. The number of carbonyl (C=O) groups is 1. The zero-order valence-electron chi connectivity index (χ0n) is 13.9. The lowest BCUT2D eigenvalue weighted by molar-refractivity contribution is -0.117. The van der Waals surface area contributed by atoms with Crippen molar-refractivity contribution in [3.63, 3.8) is 0 Å². The molecule has 3 rings (SSSR count). The molecule has 0 atom stereocenters. The van der Waals surface area contributed by atoms with Gasteiger partial charge in [-0.2, -0.15) is 0 Å². The van der Waals surface area contributed by atoms with Crippen LogP contribution in [0.25, 0.3) is 0 Å². The summed E-state index contributed by atoms with van der Waals surface area (Å²) in [7, 11) is 0. The number of carbonyl (C=O) groups excluding carboxylic acids is 1. The number of fused-ring (bicyclic) bond motifs is 1. The summed E-state index contributed by atoms with van der Waals surface area (Å²) < 4.78 is 19.9. The minimum atomic E-state index is -0.312. The predicted octanol–water partition coefficient (Wildman–Crippen LogP) is 3.44. The van der Waals surface area contributed by atoms with Gasteiger partial charge in [0, 0.05) is 6.54 Å². The standard InChI is InChI=1S/C19H21FN2O2.ClH/c20-19-16-8-10-21-12-15(16)6-7-17(19)22-18(23)9-11-24-13-14-4-2-1-3-5-14;/h1-7,21H,8-13H2,(H,22,23);1H. The first kappa shape index (κ1) is 19.4. The van der Waals surface area contributed by atoms with Crippen LogP contribution in [0.15, 0.2) is 42.5 Å². The highest BCUT2D eigenvalue weighted by Gasteiger charge is 2.17. The summed E-state index contributed by atoms with van der Waals surface area (Å²) in [6.45, 7) is 2.20. The van der Waals surface area contributed by atoms with Crippen LogP contribution in [0, 0.1) is 5.82 Å². The second-order valence-electron chi connectivity index (χ2n) is 5.83. The number of halogens is 2. The number of hydrogen-bond acceptors (Lipinski definition) is 3. The highest BCUT2D eigenvalue weighted by atomic mass is 35.5. The Morgan fingerprint density at radius 1 is 1.20 bits per heavy atom. The lowest BCUT2D eigenvalue weighted by Gasteiger charge is -2.19. The van der Waals surface area contributed by atoms with Gasteiger partial charge in [0.25, 0.3) is 0 Å². The maximum atomic E-state index is 14.5. The third-order valence-electron chi connectivity index (χ3n) is 4.07. The molecule has 0 spiro atoms. The second-order valence-corrected chi connectivity index (χ2v) is 5.83. The van der Waals surface area contributed by atoms with Crippen molar-refractivity contribution in [2.75, 3.05) is 18.5 Å². The summed E-state index contributed by atoms with van der Waals surface area (Å²) >= 11 is 0. The van der Waals surface area contributed by atoms with Gasteiger partial charge < -0.3 is 15.4 Å². The first-order chi connectivity index (χ1) is 11.7. The van der Waals surface area contributed by atoms with E-state index in [-0.39, 0.29) is 36.2 Å². The van der Waals surface area contributed by atoms with Gasteiger partial charge >= 0.3 is 0 Å². The first-order valence-electron chi connectivity index (χ1n) is 8.16. The van der Waals surface area contributed by atoms with E-state index in [9.17, 15) is 9.18 Å². The molecule has 0 fully saturated rings. The molecule has 4 nitrogen and oxygen atoms in total. The molecule has 0 bridgehead atoms. The van der Waals surface area contributed by atoms with E-state index >= 15 is 0 Å². The molecule has 134 valence electrons. The number of benzene rings is 2. The van der Waals surface area contributed by atoms with Gasteiger partial charge in [0.05, 0.1) is 25.3 Å². The van der Waals surface area contributed by atoms with Crippen LogP contribution in [-0.2, 0) is 29.1 Å². The summed E-state index contributed by atoms with van der Waals surface area (Å²) in [5.74, 6) is -0.552. The molecule has 25 heavy (non-hydrogen) atoms. The lowest BCUT2D eigenvalue weighted by atomic mass is 9.99. The molecule has 2 N–H and O–H groups in total. The van der Waals surface area contributed by atoms with Crippen LogP contribution in [0.4, 0.5) is 10.1 Å². The van der Waals surface area contributed by atoms with Gasteiger partial charge in [-0.25, -0.2) is 4.39 Å². The van der Waals surface area contributed by atoms with E-state index in [2.05, 4.69) is 10.6 Å². The normalized spacial score (nSPS) is 12.8. The van der Waals surface area contributed by atoms with Crippen LogP contribution in [0.5, 0.6) is 0 Å². The molecule has 0 aliphatic carbocycles. The van der Waals surface area contributed by atoms with E-state index in [1.807, 2.05) is 36.4 Å². The fraction of sp³-hybridized carbons (Fsp3) is 0.316. The maximum absolute atomic E-state index is 14.5. The molecule has 6 heteroatoms. The Morgan fingerprint density at radius 3 is 2.80 bits per heavy atom. The third-order valence-corrected chi connectivity index (χ3v) is 4.07. The van der Waals surface area contributed by atoms with Gasteiger partial charge in [-0.05, 0) is 35.7 Å². The van der Waals surface area contributed by atoms with Crippen molar-refractivity contribution in [2.45, 2.75) is 26.0 Å². The molecule has 0 unspecified atom stereocenters. The largest absolute Gasteiger partial charge is 0.376 e. The van der Waals surface area contributed by atoms with Crippen molar-refractivity contribution in [3.05, 3.63) is 65.0 Å². The first-order valence-corrected chi connectivity index (χ1v) is 8.16.